The van der Waals surface area contributed by atoms with Crippen molar-refractivity contribution < 1.29 is 4.39 Å². The summed E-state index contributed by atoms with van der Waals surface area (Å²) in [4.78, 5) is 1.16. The van der Waals surface area contributed by atoms with E-state index in [0.29, 0.717) is 17.9 Å². The van der Waals surface area contributed by atoms with E-state index in [2.05, 4.69) is 21.2 Å². The Kier molecular flexibility index (Phi) is 3.46. The van der Waals surface area contributed by atoms with Gasteiger partial charge in [-0.15, -0.1) is 11.3 Å². The minimum atomic E-state index is -0.288. The van der Waals surface area contributed by atoms with Crippen molar-refractivity contribution in [2.75, 3.05) is 11.1 Å². The molecule has 5 heteroatoms. The van der Waals surface area contributed by atoms with E-state index in [0.717, 1.165) is 9.35 Å². The fourth-order valence-electron chi connectivity index (χ4n) is 1.31. The first-order chi connectivity index (χ1) is 7.65. The fraction of sp³-hybridized carbons (Fsp3) is 0.0909. The number of nitrogen functional groups attached to an aromatic ring is 1. The molecule has 2 nitrogen and oxygen atoms in total. The largest absolute Gasteiger partial charge is 0.397 e. The molecule has 1 aromatic heterocycles. The van der Waals surface area contributed by atoms with E-state index in [9.17, 15) is 4.39 Å². The van der Waals surface area contributed by atoms with Gasteiger partial charge in [-0.3, -0.25) is 0 Å². The topological polar surface area (TPSA) is 38.0 Å². The van der Waals surface area contributed by atoms with E-state index in [1.807, 2.05) is 11.4 Å². The zero-order valence-electron chi connectivity index (χ0n) is 8.34. The van der Waals surface area contributed by atoms with Crippen LogP contribution in [0.15, 0.2) is 34.1 Å². The molecule has 1 aromatic carbocycles. The monoisotopic (exact) mass is 300 g/mol. The van der Waals surface area contributed by atoms with E-state index in [1.54, 1.807) is 17.4 Å². The van der Waals surface area contributed by atoms with Crippen LogP contribution in [0.2, 0.25) is 0 Å². The molecule has 0 aliphatic rings. The van der Waals surface area contributed by atoms with E-state index in [4.69, 9.17) is 5.73 Å². The highest BCUT2D eigenvalue weighted by Gasteiger charge is 2.02. The van der Waals surface area contributed by atoms with Crippen molar-refractivity contribution in [3.05, 3.63) is 44.8 Å². The number of anilines is 2. The third-order valence-electron chi connectivity index (χ3n) is 2.09. The number of nitrogens with two attached hydrogens (primary N) is 1. The van der Waals surface area contributed by atoms with Gasteiger partial charge in [-0.1, -0.05) is 0 Å². The predicted molar refractivity (Wildman–Crippen MR) is 70.2 cm³/mol. The van der Waals surface area contributed by atoms with Crippen molar-refractivity contribution in [2.45, 2.75) is 6.54 Å². The number of thiophene rings is 1. The van der Waals surface area contributed by atoms with E-state index < -0.39 is 0 Å². The summed E-state index contributed by atoms with van der Waals surface area (Å²) < 4.78 is 14.0. The molecule has 0 unspecified atom stereocenters. The van der Waals surface area contributed by atoms with Crippen molar-refractivity contribution in [2.24, 2.45) is 0 Å². The first kappa shape index (κ1) is 11.4. The lowest BCUT2D eigenvalue weighted by molar-refractivity contribution is 0.628. The number of halogens is 2. The normalized spacial score (nSPS) is 10.4. The molecule has 0 aliphatic heterocycles. The highest BCUT2D eigenvalue weighted by atomic mass is 79.9. The van der Waals surface area contributed by atoms with Crippen molar-refractivity contribution in [1.82, 2.24) is 0 Å². The minimum Gasteiger partial charge on any atom is -0.397 e. The van der Waals surface area contributed by atoms with Crippen LogP contribution < -0.4 is 11.1 Å². The van der Waals surface area contributed by atoms with Gasteiger partial charge in [-0.2, -0.15) is 0 Å². The molecule has 2 aromatic rings. The van der Waals surface area contributed by atoms with Gasteiger partial charge < -0.3 is 11.1 Å². The van der Waals surface area contributed by atoms with Crippen LogP contribution in [-0.2, 0) is 6.54 Å². The zero-order chi connectivity index (χ0) is 11.5. The summed E-state index contributed by atoms with van der Waals surface area (Å²) in [5.41, 5.74) is 6.91. The van der Waals surface area contributed by atoms with Crippen LogP contribution >= 0.6 is 27.3 Å². The van der Waals surface area contributed by atoms with Crippen molar-refractivity contribution in [1.29, 1.82) is 0 Å². The first-order valence-corrected chi connectivity index (χ1v) is 6.34. The lowest BCUT2D eigenvalue weighted by Crippen LogP contribution is -2.01. The smallest absolute Gasteiger partial charge is 0.125 e. The van der Waals surface area contributed by atoms with Crippen LogP contribution in [0, 0.1) is 5.82 Å². The first-order valence-electron chi connectivity index (χ1n) is 4.67. The molecule has 0 aliphatic carbocycles. The Morgan fingerprint density at radius 2 is 2.19 bits per heavy atom. The Morgan fingerprint density at radius 1 is 1.38 bits per heavy atom. The summed E-state index contributed by atoms with van der Waals surface area (Å²) in [6, 6.07) is 6.33. The minimum absolute atomic E-state index is 0.288. The Hall–Kier alpha value is -1.07. The quantitative estimate of drug-likeness (QED) is 0.845. The average Bonchev–Trinajstić information content (AvgIpc) is 2.66. The molecule has 1 heterocycles. The second-order valence-electron chi connectivity index (χ2n) is 3.32. The fourth-order valence-corrected chi connectivity index (χ4v) is 2.70. The van der Waals surface area contributed by atoms with Crippen LogP contribution in [0.3, 0.4) is 0 Å². The molecule has 0 amide bonds. The molecule has 0 radical (unpaired) electrons. The van der Waals surface area contributed by atoms with Gasteiger partial charge in [0.05, 0.1) is 11.4 Å². The third-order valence-corrected chi connectivity index (χ3v) is 3.79. The van der Waals surface area contributed by atoms with Crippen LogP contribution in [0.25, 0.3) is 0 Å². The molecule has 0 saturated heterocycles. The highest BCUT2D eigenvalue weighted by Crippen LogP contribution is 2.23. The molecule has 0 bridgehead atoms. The molecular formula is C11H10BrFN2S. The van der Waals surface area contributed by atoms with E-state index in [1.165, 1.54) is 12.1 Å². The zero-order valence-corrected chi connectivity index (χ0v) is 10.7. The number of nitrogens with one attached hydrogen (secondary N) is 1. The summed E-state index contributed by atoms with van der Waals surface area (Å²) in [5, 5.41) is 5.11. The number of benzene rings is 1. The highest BCUT2D eigenvalue weighted by molar-refractivity contribution is 9.10. The SMILES string of the molecule is Nc1ccc(F)cc1NCc1cc(Br)cs1. The number of hydrogen-bond acceptors (Lipinski definition) is 3. The summed E-state index contributed by atoms with van der Waals surface area (Å²) >= 11 is 5.02. The molecular weight excluding hydrogens is 291 g/mol. The van der Waals surface area contributed by atoms with Gasteiger partial charge in [0.1, 0.15) is 5.82 Å². The molecule has 0 atom stereocenters. The van der Waals surface area contributed by atoms with E-state index in [-0.39, 0.29) is 5.82 Å². The molecule has 3 N–H and O–H groups in total. The van der Waals surface area contributed by atoms with E-state index >= 15 is 0 Å². The predicted octanol–water partition coefficient (Wildman–Crippen LogP) is 3.84. The average molecular weight is 301 g/mol. The summed E-state index contributed by atoms with van der Waals surface area (Å²) in [5.74, 6) is -0.288. The number of hydrogen-bond donors (Lipinski definition) is 2. The van der Waals surface area contributed by atoms with Crippen molar-refractivity contribution in [3.63, 3.8) is 0 Å². The maximum atomic E-state index is 13.0. The van der Waals surface area contributed by atoms with Crippen LogP contribution in [0.4, 0.5) is 15.8 Å². The Balaban J connectivity index is 2.07. The molecule has 2 rings (SSSR count). The standard InChI is InChI=1S/C11H10BrFN2S/c12-7-3-9(16-6-7)5-15-11-4-8(13)1-2-10(11)14/h1-4,6,15H,5,14H2. The van der Waals surface area contributed by atoms with Crippen LogP contribution in [0.5, 0.6) is 0 Å². The molecule has 0 fully saturated rings. The summed E-state index contributed by atoms with van der Waals surface area (Å²) in [6.07, 6.45) is 0. The van der Waals surface area contributed by atoms with Gasteiger partial charge >= 0.3 is 0 Å². The maximum Gasteiger partial charge on any atom is 0.125 e. The lowest BCUT2D eigenvalue weighted by Gasteiger charge is -2.07. The van der Waals surface area contributed by atoms with Crippen molar-refractivity contribution in [3.8, 4) is 0 Å². The lowest BCUT2D eigenvalue weighted by atomic mass is 10.2. The molecule has 0 saturated carbocycles. The Morgan fingerprint density at radius 3 is 2.88 bits per heavy atom. The van der Waals surface area contributed by atoms with Gasteiger partial charge in [0.2, 0.25) is 0 Å². The van der Waals surface area contributed by atoms with Gasteiger partial charge in [-0.25, -0.2) is 4.39 Å². The summed E-state index contributed by atoms with van der Waals surface area (Å²) in [6.45, 7) is 0.643. The maximum absolute atomic E-state index is 13.0. The van der Waals surface area contributed by atoms with Gasteiger partial charge in [0.15, 0.2) is 0 Å². The Bertz CT molecular complexity index is 498. The third kappa shape index (κ3) is 2.74. The second-order valence-corrected chi connectivity index (χ2v) is 5.23. The van der Waals surface area contributed by atoms with Gasteiger partial charge in [-0.05, 0) is 40.2 Å². The Labute approximate surface area is 105 Å². The van der Waals surface area contributed by atoms with Crippen molar-refractivity contribution >= 4 is 38.6 Å². The molecule has 16 heavy (non-hydrogen) atoms. The molecule has 84 valence electrons. The van der Waals surface area contributed by atoms with Gasteiger partial charge in [0, 0.05) is 21.3 Å². The number of rotatable bonds is 3. The second kappa shape index (κ2) is 4.84. The van der Waals surface area contributed by atoms with Crippen LogP contribution in [0.1, 0.15) is 4.88 Å². The molecule has 0 spiro atoms. The van der Waals surface area contributed by atoms with Gasteiger partial charge in [0.25, 0.3) is 0 Å². The van der Waals surface area contributed by atoms with Crippen LogP contribution in [-0.4, -0.2) is 0 Å². The summed E-state index contributed by atoms with van der Waals surface area (Å²) in [7, 11) is 0.